The lowest BCUT2D eigenvalue weighted by molar-refractivity contribution is -0.152. The van der Waals surface area contributed by atoms with E-state index in [4.69, 9.17) is 4.74 Å². The maximum Gasteiger partial charge on any atom is 0.339 e. The van der Waals surface area contributed by atoms with Gasteiger partial charge >= 0.3 is 5.97 Å². The third-order valence-electron chi connectivity index (χ3n) is 4.76. The van der Waals surface area contributed by atoms with Gasteiger partial charge in [0.1, 0.15) is 0 Å². The molecule has 0 saturated heterocycles. The minimum absolute atomic E-state index is 0.0385. The highest BCUT2D eigenvalue weighted by molar-refractivity contribution is 5.94. The quantitative estimate of drug-likeness (QED) is 0.651. The van der Waals surface area contributed by atoms with Crippen LogP contribution in [0.5, 0.6) is 0 Å². The predicted molar refractivity (Wildman–Crippen MR) is 68.9 cm³/mol. The number of fused-ring (bicyclic) bond motifs is 1. The first-order valence-electron chi connectivity index (χ1n) is 6.79. The summed E-state index contributed by atoms with van der Waals surface area (Å²) in [5, 5.41) is 20.3. The van der Waals surface area contributed by atoms with Gasteiger partial charge in [-0.25, -0.2) is 4.79 Å². The Morgan fingerprint density at radius 1 is 1.32 bits per heavy atom. The Kier molecular flexibility index (Phi) is 2.67. The third-order valence-corrected chi connectivity index (χ3v) is 4.76. The van der Waals surface area contributed by atoms with Gasteiger partial charge in [-0.05, 0) is 37.0 Å². The highest BCUT2D eigenvalue weighted by Crippen LogP contribution is 2.52. The summed E-state index contributed by atoms with van der Waals surface area (Å²) in [6.45, 7) is 6.40. The smallest absolute Gasteiger partial charge is 0.339 e. The van der Waals surface area contributed by atoms with Gasteiger partial charge in [-0.2, -0.15) is 0 Å². The molecule has 1 saturated carbocycles. The summed E-state index contributed by atoms with van der Waals surface area (Å²) in [6.07, 6.45) is 1.66. The Balaban J connectivity index is 2.07. The van der Waals surface area contributed by atoms with Crippen LogP contribution in [0.3, 0.4) is 0 Å². The summed E-state index contributed by atoms with van der Waals surface area (Å²) in [5.41, 5.74) is 2.00. The van der Waals surface area contributed by atoms with Gasteiger partial charge in [0.05, 0.1) is 11.7 Å². The summed E-state index contributed by atoms with van der Waals surface area (Å²) in [5.74, 6) is -0.267. The number of cyclic esters (lactones) is 1. The van der Waals surface area contributed by atoms with E-state index in [2.05, 4.69) is 13.8 Å². The van der Waals surface area contributed by atoms with Gasteiger partial charge in [0.2, 0.25) is 6.29 Å². The number of carbonyl (C=O) groups is 1. The van der Waals surface area contributed by atoms with E-state index >= 15 is 0 Å². The van der Waals surface area contributed by atoms with Crippen LogP contribution < -0.4 is 0 Å². The van der Waals surface area contributed by atoms with Gasteiger partial charge in [-0.3, -0.25) is 0 Å². The molecule has 3 aliphatic rings. The molecule has 2 aliphatic carbocycles. The number of esters is 1. The summed E-state index contributed by atoms with van der Waals surface area (Å²) in [7, 11) is 0. The summed E-state index contributed by atoms with van der Waals surface area (Å²) < 4.78 is 4.82. The number of aliphatic hydroxyl groups is 2. The van der Waals surface area contributed by atoms with Gasteiger partial charge in [-0.1, -0.05) is 25.5 Å². The molecule has 19 heavy (non-hydrogen) atoms. The van der Waals surface area contributed by atoms with Crippen molar-refractivity contribution >= 4 is 5.97 Å². The average Bonchev–Trinajstić information content (AvgIpc) is 2.73. The molecule has 3 rings (SSSR count). The molecule has 0 spiro atoms. The maximum absolute atomic E-state index is 11.8. The Morgan fingerprint density at radius 3 is 2.68 bits per heavy atom. The van der Waals surface area contributed by atoms with Crippen molar-refractivity contribution in [2.75, 3.05) is 0 Å². The van der Waals surface area contributed by atoms with E-state index in [-0.39, 0.29) is 22.8 Å². The molecule has 0 unspecified atom stereocenters. The maximum atomic E-state index is 11.8. The van der Waals surface area contributed by atoms with Crippen molar-refractivity contribution in [2.45, 2.75) is 46.0 Å². The number of hydrogen-bond acceptors (Lipinski definition) is 4. The zero-order valence-electron chi connectivity index (χ0n) is 11.5. The minimum Gasteiger partial charge on any atom is -0.428 e. The van der Waals surface area contributed by atoms with Crippen LogP contribution in [0, 0.1) is 17.3 Å². The predicted octanol–water partition coefficient (Wildman–Crippen LogP) is 1.53. The van der Waals surface area contributed by atoms with Crippen molar-refractivity contribution in [3.8, 4) is 0 Å². The normalized spacial score (nSPS) is 40.5. The molecular weight excluding hydrogens is 244 g/mol. The molecule has 0 aromatic rings. The lowest BCUT2D eigenvalue weighted by atomic mass is 9.85. The standard InChI is InChI=1S/C15H20O4/c1-7-4-8-11(14(18)19-13(8)17)12(16)10-6-15(2,3)5-9(7)10/h4,9-10,12-13,16-17H,5-6H2,1-3H3/t9-,10-,12-,13+/m1/s1. The van der Waals surface area contributed by atoms with Gasteiger partial charge in [0.15, 0.2) is 0 Å². The van der Waals surface area contributed by atoms with Crippen molar-refractivity contribution in [1.29, 1.82) is 0 Å². The fourth-order valence-corrected chi connectivity index (χ4v) is 3.93. The minimum atomic E-state index is -1.22. The van der Waals surface area contributed by atoms with Crippen LogP contribution in [0.25, 0.3) is 0 Å². The van der Waals surface area contributed by atoms with Crippen LogP contribution in [0.1, 0.15) is 33.6 Å². The Labute approximate surface area is 112 Å². The molecule has 0 aromatic carbocycles. The Hall–Kier alpha value is -1.13. The summed E-state index contributed by atoms with van der Waals surface area (Å²) >= 11 is 0. The molecule has 4 heteroatoms. The zero-order valence-corrected chi connectivity index (χ0v) is 11.5. The van der Waals surface area contributed by atoms with Gasteiger partial charge in [0.25, 0.3) is 0 Å². The molecule has 4 nitrogen and oxygen atoms in total. The van der Waals surface area contributed by atoms with Crippen molar-refractivity contribution in [1.82, 2.24) is 0 Å². The monoisotopic (exact) mass is 264 g/mol. The van der Waals surface area contributed by atoms with Crippen LogP contribution in [-0.2, 0) is 9.53 Å². The SMILES string of the molecule is CC1=CC2=C(C(=O)O[C@@H]2O)[C@H](O)[C@@H]2CC(C)(C)C[C@H]12. The molecular formula is C15H20O4. The van der Waals surface area contributed by atoms with E-state index in [1.807, 2.05) is 13.0 Å². The van der Waals surface area contributed by atoms with Crippen LogP contribution in [0.15, 0.2) is 22.8 Å². The number of carbonyl (C=O) groups excluding carboxylic acids is 1. The van der Waals surface area contributed by atoms with Crippen LogP contribution in [0.4, 0.5) is 0 Å². The van der Waals surface area contributed by atoms with Crippen molar-refractivity contribution in [3.63, 3.8) is 0 Å². The molecule has 0 bridgehead atoms. The van der Waals surface area contributed by atoms with E-state index in [0.717, 1.165) is 18.4 Å². The van der Waals surface area contributed by atoms with Crippen LogP contribution >= 0.6 is 0 Å². The summed E-state index contributed by atoms with van der Waals surface area (Å²) in [4.78, 5) is 11.8. The molecule has 1 aliphatic heterocycles. The molecule has 2 N–H and O–H groups in total. The first kappa shape index (κ1) is 12.9. The zero-order chi connectivity index (χ0) is 13.9. The number of rotatable bonds is 0. The van der Waals surface area contributed by atoms with E-state index in [9.17, 15) is 15.0 Å². The van der Waals surface area contributed by atoms with E-state index < -0.39 is 18.4 Å². The van der Waals surface area contributed by atoms with Gasteiger partial charge in [0, 0.05) is 5.57 Å². The average molecular weight is 264 g/mol. The third kappa shape index (κ3) is 1.85. The molecule has 0 amide bonds. The van der Waals surface area contributed by atoms with E-state index in [0.29, 0.717) is 5.57 Å². The van der Waals surface area contributed by atoms with Gasteiger partial charge in [-0.15, -0.1) is 0 Å². The highest BCUT2D eigenvalue weighted by atomic mass is 16.6. The molecule has 0 radical (unpaired) electrons. The van der Waals surface area contributed by atoms with Gasteiger partial charge < -0.3 is 14.9 Å². The second-order valence-electron chi connectivity index (χ2n) is 6.80. The highest BCUT2D eigenvalue weighted by Gasteiger charge is 2.49. The number of allylic oxidation sites excluding steroid dienone is 1. The molecule has 1 heterocycles. The second kappa shape index (κ2) is 3.93. The molecule has 1 fully saturated rings. The van der Waals surface area contributed by atoms with Crippen molar-refractivity contribution in [3.05, 3.63) is 22.8 Å². The number of aliphatic hydroxyl groups excluding tert-OH is 2. The van der Waals surface area contributed by atoms with Crippen molar-refractivity contribution in [2.24, 2.45) is 17.3 Å². The number of ether oxygens (including phenoxy) is 1. The lowest BCUT2D eigenvalue weighted by Gasteiger charge is -2.23. The lowest BCUT2D eigenvalue weighted by Crippen LogP contribution is -2.28. The van der Waals surface area contributed by atoms with Crippen molar-refractivity contribution < 1.29 is 19.7 Å². The van der Waals surface area contributed by atoms with Crippen LogP contribution in [0.2, 0.25) is 0 Å². The fraction of sp³-hybridized carbons (Fsp3) is 0.667. The van der Waals surface area contributed by atoms with E-state index in [1.165, 1.54) is 0 Å². The first-order chi connectivity index (χ1) is 8.80. The largest absolute Gasteiger partial charge is 0.428 e. The molecule has 4 atom stereocenters. The first-order valence-corrected chi connectivity index (χ1v) is 6.79. The van der Waals surface area contributed by atoms with Crippen LogP contribution in [-0.4, -0.2) is 28.6 Å². The Morgan fingerprint density at radius 2 is 2.00 bits per heavy atom. The van der Waals surface area contributed by atoms with E-state index in [1.54, 1.807) is 0 Å². The molecule has 104 valence electrons. The Bertz CT molecular complexity index is 500. The number of hydrogen-bond donors (Lipinski definition) is 2. The summed E-state index contributed by atoms with van der Waals surface area (Å²) in [6, 6.07) is 0. The second-order valence-corrected chi connectivity index (χ2v) is 6.80. The molecule has 0 aromatic heterocycles. The fourth-order valence-electron chi connectivity index (χ4n) is 3.93. The topological polar surface area (TPSA) is 66.8 Å².